The Morgan fingerprint density at radius 1 is 1.53 bits per heavy atom. The fourth-order valence-electron chi connectivity index (χ4n) is 1.82. The molecule has 0 aliphatic carbocycles. The van der Waals surface area contributed by atoms with Crippen LogP contribution in [0.25, 0.3) is 0 Å². The number of nitrogens with zero attached hydrogens (tertiary/aromatic N) is 2. The number of nitrogens with two attached hydrogens (primary N) is 1. The van der Waals surface area contributed by atoms with Crippen molar-refractivity contribution in [1.82, 2.24) is 9.78 Å². The Labute approximate surface area is 122 Å². The first-order valence-electron chi connectivity index (χ1n) is 5.87. The van der Waals surface area contributed by atoms with Crippen LogP contribution in [0.4, 0.5) is 5.69 Å². The average molecular weight is 295 g/mol. The lowest BCUT2D eigenvalue weighted by molar-refractivity contribution is 0.767. The molecule has 0 bridgehead atoms. The van der Waals surface area contributed by atoms with E-state index in [1.165, 1.54) is 5.56 Å². The summed E-state index contributed by atoms with van der Waals surface area (Å²) >= 11 is 11.0. The van der Waals surface area contributed by atoms with Gasteiger partial charge >= 0.3 is 0 Å². The van der Waals surface area contributed by atoms with E-state index in [9.17, 15) is 0 Å². The van der Waals surface area contributed by atoms with Crippen LogP contribution in [0, 0.1) is 0 Å². The van der Waals surface area contributed by atoms with Gasteiger partial charge in [0.05, 0.1) is 6.20 Å². The molecule has 0 amide bonds. The Hall–Kier alpha value is -1.59. The van der Waals surface area contributed by atoms with Crippen molar-refractivity contribution in [3.63, 3.8) is 0 Å². The van der Waals surface area contributed by atoms with Crippen LogP contribution in [0.15, 0.2) is 30.6 Å². The van der Waals surface area contributed by atoms with Crippen molar-refractivity contribution in [1.29, 1.82) is 0 Å². The van der Waals surface area contributed by atoms with E-state index in [0.29, 0.717) is 10.0 Å². The van der Waals surface area contributed by atoms with Gasteiger partial charge in [0.2, 0.25) is 0 Å². The molecule has 0 fully saturated rings. The monoisotopic (exact) mass is 294 g/mol. The summed E-state index contributed by atoms with van der Waals surface area (Å²) in [6.07, 6.45) is 4.74. The lowest BCUT2D eigenvalue weighted by Gasteiger charge is -2.11. The third kappa shape index (κ3) is 3.68. The smallest absolute Gasteiger partial charge is 0.106 e. The minimum absolute atomic E-state index is 0.339. The fourth-order valence-corrected chi connectivity index (χ4v) is 2.16. The van der Waals surface area contributed by atoms with Crippen molar-refractivity contribution in [2.24, 2.45) is 12.8 Å². The van der Waals surface area contributed by atoms with Crippen molar-refractivity contribution < 1.29 is 0 Å². The number of hydrogen-bond donors (Lipinski definition) is 2. The second-order valence-electron chi connectivity index (χ2n) is 4.25. The number of benzene rings is 1. The van der Waals surface area contributed by atoms with Crippen molar-refractivity contribution in [2.45, 2.75) is 6.42 Å². The third-order valence-electron chi connectivity index (χ3n) is 2.73. The summed E-state index contributed by atoms with van der Waals surface area (Å²) in [5, 5.41) is 8.07. The van der Waals surface area contributed by atoms with E-state index in [2.05, 4.69) is 10.4 Å². The van der Waals surface area contributed by atoms with Gasteiger partial charge in [-0.15, -0.1) is 0 Å². The summed E-state index contributed by atoms with van der Waals surface area (Å²) in [6, 6.07) is 5.48. The number of nitrogens with one attached hydrogen (secondary N) is 1. The minimum Gasteiger partial charge on any atom is -0.389 e. The highest BCUT2D eigenvalue weighted by Crippen LogP contribution is 2.20. The first kappa shape index (κ1) is 13.8. The maximum absolute atomic E-state index is 5.94. The molecule has 100 valence electrons. The molecule has 0 spiro atoms. The molecule has 2 aromatic rings. The van der Waals surface area contributed by atoms with E-state index < -0.39 is 0 Å². The molecule has 1 aromatic heterocycles. The Kier molecular flexibility index (Phi) is 4.39. The number of hydrogen-bond acceptors (Lipinski definition) is 3. The van der Waals surface area contributed by atoms with Gasteiger partial charge in [-0.1, -0.05) is 23.8 Å². The molecule has 0 saturated carbocycles. The first-order chi connectivity index (χ1) is 9.06. The number of aromatic nitrogens is 2. The summed E-state index contributed by atoms with van der Waals surface area (Å²) in [5.74, 6) is 0. The average Bonchev–Trinajstić information content (AvgIpc) is 2.77. The topological polar surface area (TPSA) is 55.9 Å². The van der Waals surface area contributed by atoms with E-state index in [-0.39, 0.29) is 0 Å². The van der Waals surface area contributed by atoms with Crippen LogP contribution in [0.5, 0.6) is 0 Å². The summed E-state index contributed by atoms with van der Waals surface area (Å²) in [5.41, 5.74) is 8.55. The summed E-state index contributed by atoms with van der Waals surface area (Å²) in [6.45, 7) is 0.781. The van der Waals surface area contributed by atoms with E-state index in [4.69, 9.17) is 29.6 Å². The number of halogens is 1. The molecule has 19 heavy (non-hydrogen) atoms. The SMILES string of the molecule is Cn1cc(CCNc2ccc(Cl)cc2C(N)=S)cn1. The molecule has 6 heteroatoms. The van der Waals surface area contributed by atoms with Gasteiger partial charge in [0.1, 0.15) is 4.99 Å². The standard InChI is InChI=1S/C13H15ClN4S/c1-18-8-9(7-17-18)4-5-16-12-3-2-10(14)6-11(12)13(15)19/h2-3,6-8,16H,4-5H2,1H3,(H2,15,19). The van der Waals surface area contributed by atoms with E-state index in [0.717, 1.165) is 24.2 Å². The predicted octanol–water partition coefficient (Wildman–Crippen LogP) is 2.36. The van der Waals surface area contributed by atoms with Gasteiger partial charge in [0, 0.05) is 36.1 Å². The van der Waals surface area contributed by atoms with Crippen LogP contribution in [-0.2, 0) is 13.5 Å². The summed E-state index contributed by atoms with van der Waals surface area (Å²) < 4.78 is 1.79. The molecule has 0 radical (unpaired) electrons. The molecule has 4 nitrogen and oxygen atoms in total. The Balaban J connectivity index is 2.01. The molecule has 1 heterocycles. The summed E-state index contributed by atoms with van der Waals surface area (Å²) in [4.78, 5) is 0.339. The lowest BCUT2D eigenvalue weighted by Crippen LogP contribution is -2.14. The number of rotatable bonds is 5. The minimum atomic E-state index is 0.339. The molecular formula is C13H15ClN4S. The van der Waals surface area contributed by atoms with Gasteiger partial charge in [0.25, 0.3) is 0 Å². The van der Waals surface area contributed by atoms with Crippen molar-refractivity contribution in [3.05, 3.63) is 46.7 Å². The van der Waals surface area contributed by atoms with Gasteiger partial charge in [-0.05, 0) is 30.2 Å². The number of aryl methyl sites for hydroxylation is 1. The Morgan fingerprint density at radius 2 is 2.32 bits per heavy atom. The van der Waals surface area contributed by atoms with Crippen LogP contribution in [0.1, 0.15) is 11.1 Å². The third-order valence-corrected chi connectivity index (χ3v) is 3.19. The van der Waals surface area contributed by atoms with Crippen LogP contribution in [0.3, 0.4) is 0 Å². The molecule has 0 atom stereocenters. The highest BCUT2D eigenvalue weighted by molar-refractivity contribution is 7.80. The van der Waals surface area contributed by atoms with Crippen molar-refractivity contribution in [2.75, 3.05) is 11.9 Å². The normalized spacial score (nSPS) is 10.4. The van der Waals surface area contributed by atoms with Gasteiger partial charge in [-0.25, -0.2) is 0 Å². The van der Waals surface area contributed by atoms with Gasteiger partial charge < -0.3 is 11.1 Å². The van der Waals surface area contributed by atoms with Gasteiger partial charge in [-0.2, -0.15) is 5.10 Å². The Bertz CT molecular complexity index is 594. The molecular weight excluding hydrogens is 280 g/mol. The maximum atomic E-state index is 5.94. The zero-order chi connectivity index (χ0) is 13.8. The highest BCUT2D eigenvalue weighted by atomic mass is 35.5. The van der Waals surface area contributed by atoms with Crippen LogP contribution in [-0.4, -0.2) is 21.3 Å². The number of thiocarbonyl (C=S) groups is 1. The number of anilines is 1. The molecule has 0 aliphatic heterocycles. The van der Waals surface area contributed by atoms with E-state index in [1.54, 1.807) is 10.7 Å². The van der Waals surface area contributed by atoms with Gasteiger partial charge in [-0.3, -0.25) is 4.68 Å². The van der Waals surface area contributed by atoms with Crippen LogP contribution >= 0.6 is 23.8 Å². The van der Waals surface area contributed by atoms with Crippen molar-refractivity contribution >= 4 is 34.5 Å². The lowest BCUT2D eigenvalue weighted by atomic mass is 10.1. The van der Waals surface area contributed by atoms with E-state index >= 15 is 0 Å². The highest BCUT2D eigenvalue weighted by Gasteiger charge is 2.06. The zero-order valence-electron chi connectivity index (χ0n) is 10.6. The molecule has 0 saturated heterocycles. The quantitative estimate of drug-likeness (QED) is 0.831. The molecule has 3 N–H and O–H groups in total. The van der Waals surface area contributed by atoms with Gasteiger partial charge in [0.15, 0.2) is 0 Å². The first-order valence-corrected chi connectivity index (χ1v) is 6.65. The van der Waals surface area contributed by atoms with E-state index in [1.807, 2.05) is 31.6 Å². The molecule has 2 rings (SSSR count). The second-order valence-corrected chi connectivity index (χ2v) is 5.13. The largest absolute Gasteiger partial charge is 0.389 e. The molecule has 1 aromatic carbocycles. The fraction of sp³-hybridized carbons (Fsp3) is 0.231. The van der Waals surface area contributed by atoms with Crippen LogP contribution < -0.4 is 11.1 Å². The van der Waals surface area contributed by atoms with Crippen LogP contribution in [0.2, 0.25) is 5.02 Å². The summed E-state index contributed by atoms with van der Waals surface area (Å²) in [7, 11) is 1.90. The Morgan fingerprint density at radius 3 is 2.95 bits per heavy atom. The predicted molar refractivity (Wildman–Crippen MR) is 82.7 cm³/mol. The van der Waals surface area contributed by atoms with Crippen molar-refractivity contribution in [3.8, 4) is 0 Å². The molecule has 0 aliphatic rings. The maximum Gasteiger partial charge on any atom is 0.106 e. The zero-order valence-corrected chi connectivity index (χ0v) is 12.1. The molecule has 0 unspecified atom stereocenters. The second kappa shape index (κ2) is 6.04.